The topological polar surface area (TPSA) is 47.9 Å². The van der Waals surface area contributed by atoms with Gasteiger partial charge in [0.2, 0.25) is 0 Å². The Bertz CT molecular complexity index is 710. The first kappa shape index (κ1) is 19.0. The normalized spacial score (nSPS) is 11.3. The molecule has 5 nitrogen and oxygen atoms in total. The molecule has 0 saturated carbocycles. The number of amides is 1. The summed E-state index contributed by atoms with van der Waals surface area (Å²) in [5.74, 6) is 0.896. The van der Waals surface area contributed by atoms with Crippen molar-refractivity contribution in [2.24, 2.45) is 4.99 Å². The standard InChI is InChI=1S/C19H26N4OS/c1-20-19(23(4)13-16-9-11-25-14-16)21-10-8-15-6-5-7-17(12-15)18(24)22(2)3/h5-7,9,11-12,14H,8,10,13H2,1-4H3,(H,20,21). The third-order valence-corrected chi connectivity index (χ3v) is 4.58. The van der Waals surface area contributed by atoms with E-state index < -0.39 is 0 Å². The van der Waals surface area contributed by atoms with E-state index in [4.69, 9.17) is 0 Å². The zero-order valence-electron chi connectivity index (χ0n) is 15.3. The first-order valence-electron chi connectivity index (χ1n) is 8.24. The Hall–Kier alpha value is -2.34. The van der Waals surface area contributed by atoms with E-state index >= 15 is 0 Å². The van der Waals surface area contributed by atoms with Gasteiger partial charge in [-0.1, -0.05) is 12.1 Å². The van der Waals surface area contributed by atoms with Gasteiger partial charge in [0, 0.05) is 46.8 Å². The number of thiophene rings is 1. The fourth-order valence-electron chi connectivity index (χ4n) is 2.55. The van der Waals surface area contributed by atoms with Crippen LogP contribution in [-0.2, 0) is 13.0 Å². The van der Waals surface area contributed by atoms with Crippen LogP contribution in [0.25, 0.3) is 0 Å². The van der Waals surface area contributed by atoms with Gasteiger partial charge in [0.25, 0.3) is 5.91 Å². The molecule has 2 rings (SSSR count). The van der Waals surface area contributed by atoms with Crippen LogP contribution in [0.2, 0.25) is 0 Å². The van der Waals surface area contributed by atoms with Crippen molar-refractivity contribution in [2.75, 3.05) is 34.7 Å². The summed E-state index contributed by atoms with van der Waals surface area (Å²) in [6.45, 7) is 1.59. The third kappa shape index (κ3) is 5.60. The molecule has 1 aromatic heterocycles. The van der Waals surface area contributed by atoms with E-state index in [2.05, 4.69) is 32.0 Å². The Kier molecular flexibility index (Phi) is 7.01. The Balaban J connectivity index is 1.88. The fraction of sp³-hybridized carbons (Fsp3) is 0.368. The molecule has 0 aliphatic rings. The quantitative estimate of drug-likeness (QED) is 0.638. The van der Waals surface area contributed by atoms with Gasteiger partial charge in [-0.15, -0.1) is 0 Å². The minimum Gasteiger partial charge on any atom is -0.356 e. The number of guanidine groups is 1. The molecule has 0 unspecified atom stereocenters. The number of benzene rings is 1. The maximum absolute atomic E-state index is 12.1. The Morgan fingerprint density at radius 1 is 1.20 bits per heavy atom. The van der Waals surface area contributed by atoms with Gasteiger partial charge in [-0.05, 0) is 46.5 Å². The number of carbonyl (C=O) groups is 1. The first-order chi connectivity index (χ1) is 12.0. The van der Waals surface area contributed by atoms with Gasteiger partial charge in [-0.3, -0.25) is 9.79 Å². The second-order valence-corrected chi connectivity index (χ2v) is 6.89. The van der Waals surface area contributed by atoms with Crippen molar-refractivity contribution in [1.29, 1.82) is 0 Å². The molecule has 0 spiro atoms. The maximum Gasteiger partial charge on any atom is 0.253 e. The minimum absolute atomic E-state index is 0.0288. The van der Waals surface area contributed by atoms with Crippen molar-refractivity contribution < 1.29 is 4.79 Å². The summed E-state index contributed by atoms with van der Waals surface area (Å²) in [7, 11) is 7.36. The van der Waals surface area contributed by atoms with Crippen LogP contribution in [0.15, 0.2) is 46.1 Å². The molecule has 1 aromatic carbocycles. The zero-order chi connectivity index (χ0) is 18.2. The molecule has 1 heterocycles. The predicted octanol–water partition coefficient (Wildman–Crippen LogP) is 2.70. The molecule has 25 heavy (non-hydrogen) atoms. The lowest BCUT2D eigenvalue weighted by atomic mass is 10.1. The highest BCUT2D eigenvalue weighted by Crippen LogP contribution is 2.09. The third-order valence-electron chi connectivity index (χ3n) is 3.85. The number of aliphatic imine (C=N–C) groups is 1. The van der Waals surface area contributed by atoms with E-state index in [0.29, 0.717) is 0 Å². The van der Waals surface area contributed by atoms with Crippen molar-refractivity contribution in [3.05, 3.63) is 57.8 Å². The van der Waals surface area contributed by atoms with Crippen molar-refractivity contribution >= 4 is 23.2 Å². The van der Waals surface area contributed by atoms with Crippen LogP contribution in [0.5, 0.6) is 0 Å². The maximum atomic E-state index is 12.1. The van der Waals surface area contributed by atoms with Crippen LogP contribution in [0.3, 0.4) is 0 Å². The van der Waals surface area contributed by atoms with Gasteiger partial charge in [-0.2, -0.15) is 11.3 Å². The molecule has 0 aliphatic carbocycles. The van der Waals surface area contributed by atoms with Crippen molar-refractivity contribution in [2.45, 2.75) is 13.0 Å². The molecule has 1 N–H and O–H groups in total. The molecule has 0 radical (unpaired) electrons. The highest BCUT2D eigenvalue weighted by atomic mass is 32.1. The molecule has 2 aromatic rings. The van der Waals surface area contributed by atoms with Crippen LogP contribution in [0, 0.1) is 0 Å². The number of hydrogen-bond acceptors (Lipinski definition) is 3. The summed E-state index contributed by atoms with van der Waals surface area (Å²) in [6, 6.07) is 9.92. The lowest BCUT2D eigenvalue weighted by Gasteiger charge is -2.21. The molecule has 0 aliphatic heterocycles. The molecule has 0 fully saturated rings. The average Bonchev–Trinajstić information content (AvgIpc) is 3.11. The number of carbonyl (C=O) groups excluding carboxylic acids is 1. The molecule has 134 valence electrons. The highest BCUT2D eigenvalue weighted by molar-refractivity contribution is 7.07. The number of nitrogens with zero attached hydrogens (tertiary/aromatic N) is 3. The molecule has 0 atom stereocenters. The van der Waals surface area contributed by atoms with E-state index in [-0.39, 0.29) is 5.91 Å². The summed E-state index contributed by atoms with van der Waals surface area (Å²) < 4.78 is 0. The van der Waals surface area contributed by atoms with Crippen LogP contribution in [-0.4, -0.2) is 56.4 Å². The molecular formula is C19H26N4OS. The van der Waals surface area contributed by atoms with Crippen molar-refractivity contribution in [3.8, 4) is 0 Å². The van der Waals surface area contributed by atoms with E-state index in [1.54, 1.807) is 37.4 Å². The molecule has 0 bridgehead atoms. The summed E-state index contributed by atoms with van der Waals surface area (Å²) in [4.78, 5) is 20.1. The molecule has 1 amide bonds. The lowest BCUT2D eigenvalue weighted by molar-refractivity contribution is 0.0827. The largest absolute Gasteiger partial charge is 0.356 e. The SMILES string of the molecule is CN=C(NCCc1cccc(C(=O)N(C)C)c1)N(C)Cc1ccsc1. The van der Waals surface area contributed by atoms with Crippen molar-refractivity contribution in [3.63, 3.8) is 0 Å². The second kappa shape index (κ2) is 9.22. The number of hydrogen-bond donors (Lipinski definition) is 1. The molecule has 0 saturated heterocycles. The number of nitrogens with one attached hydrogen (secondary N) is 1. The van der Waals surface area contributed by atoms with Gasteiger partial charge in [0.1, 0.15) is 0 Å². The Morgan fingerprint density at radius 3 is 2.64 bits per heavy atom. The monoisotopic (exact) mass is 358 g/mol. The molecular weight excluding hydrogens is 332 g/mol. The predicted molar refractivity (Wildman–Crippen MR) is 105 cm³/mol. The summed E-state index contributed by atoms with van der Waals surface area (Å²) in [5, 5.41) is 7.62. The zero-order valence-corrected chi connectivity index (χ0v) is 16.1. The lowest BCUT2D eigenvalue weighted by Crippen LogP contribution is -2.39. The van der Waals surface area contributed by atoms with Gasteiger partial charge in [-0.25, -0.2) is 0 Å². The van der Waals surface area contributed by atoms with Crippen LogP contribution >= 0.6 is 11.3 Å². The first-order valence-corrected chi connectivity index (χ1v) is 9.19. The summed E-state index contributed by atoms with van der Waals surface area (Å²) >= 11 is 1.70. The van der Waals surface area contributed by atoms with Gasteiger partial charge < -0.3 is 15.1 Å². The van der Waals surface area contributed by atoms with Gasteiger partial charge in [0.05, 0.1) is 0 Å². The van der Waals surface area contributed by atoms with E-state index in [0.717, 1.165) is 36.6 Å². The highest BCUT2D eigenvalue weighted by Gasteiger charge is 2.09. The van der Waals surface area contributed by atoms with Gasteiger partial charge >= 0.3 is 0 Å². The van der Waals surface area contributed by atoms with Crippen LogP contribution in [0.4, 0.5) is 0 Å². The van der Waals surface area contributed by atoms with E-state index in [1.165, 1.54) is 5.56 Å². The number of rotatable bonds is 6. The summed E-state index contributed by atoms with van der Waals surface area (Å²) in [6.07, 6.45) is 0.833. The Morgan fingerprint density at radius 2 is 2.00 bits per heavy atom. The van der Waals surface area contributed by atoms with Crippen molar-refractivity contribution in [1.82, 2.24) is 15.1 Å². The van der Waals surface area contributed by atoms with E-state index in [9.17, 15) is 4.79 Å². The van der Waals surface area contributed by atoms with Crippen LogP contribution < -0.4 is 5.32 Å². The van der Waals surface area contributed by atoms with Gasteiger partial charge in [0.15, 0.2) is 5.96 Å². The summed E-state index contributed by atoms with van der Waals surface area (Å²) in [5.41, 5.74) is 3.14. The minimum atomic E-state index is 0.0288. The average molecular weight is 359 g/mol. The fourth-order valence-corrected chi connectivity index (χ4v) is 3.21. The second-order valence-electron chi connectivity index (χ2n) is 6.11. The Labute approximate surface area is 154 Å². The smallest absolute Gasteiger partial charge is 0.253 e. The molecule has 6 heteroatoms. The van der Waals surface area contributed by atoms with E-state index in [1.807, 2.05) is 31.3 Å². The van der Waals surface area contributed by atoms with Crippen LogP contribution in [0.1, 0.15) is 21.5 Å².